The first-order valence-electron chi connectivity index (χ1n) is 13.9. The van der Waals surface area contributed by atoms with Gasteiger partial charge in [0, 0.05) is 59.0 Å². The zero-order chi connectivity index (χ0) is 28.6. The number of amides is 1. The summed E-state index contributed by atoms with van der Waals surface area (Å²) in [6, 6.07) is 13.5. The van der Waals surface area contributed by atoms with E-state index in [1.807, 2.05) is 24.3 Å². The Kier molecular flexibility index (Phi) is 7.79. The number of ether oxygens (including phenoxy) is 1. The normalized spacial score (nSPS) is 22.1. The number of nitrogens with zero attached hydrogens (tertiary/aromatic N) is 3. The topological polar surface area (TPSA) is 95.3 Å². The van der Waals surface area contributed by atoms with Gasteiger partial charge in [0.15, 0.2) is 11.6 Å². The number of anilines is 1. The predicted molar refractivity (Wildman–Crippen MR) is 154 cm³/mol. The summed E-state index contributed by atoms with van der Waals surface area (Å²) < 4.78 is 45.5. The average Bonchev–Trinajstić information content (AvgIpc) is 3.63. The van der Waals surface area contributed by atoms with Crippen molar-refractivity contribution >= 4 is 33.7 Å². The molecule has 2 heterocycles. The van der Waals surface area contributed by atoms with Gasteiger partial charge >= 0.3 is 0 Å². The molecule has 7 nitrogen and oxygen atoms in total. The van der Waals surface area contributed by atoms with E-state index < -0.39 is 28.0 Å². The molecule has 11 heteroatoms. The van der Waals surface area contributed by atoms with Crippen molar-refractivity contribution in [3.8, 4) is 27.5 Å². The maximum atomic E-state index is 14.4. The Labute approximate surface area is 244 Å². The lowest BCUT2D eigenvalue weighted by molar-refractivity contribution is -0.127. The summed E-state index contributed by atoms with van der Waals surface area (Å²) in [6.45, 7) is 1.48. The summed E-state index contributed by atoms with van der Waals surface area (Å²) >= 11 is 1.27. The Morgan fingerprint density at radius 1 is 1.12 bits per heavy atom. The van der Waals surface area contributed by atoms with Crippen molar-refractivity contribution in [2.75, 3.05) is 29.5 Å². The van der Waals surface area contributed by atoms with Gasteiger partial charge in [-0.05, 0) is 55.5 Å². The first-order valence-corrected chi connectivity index (χ1v) is 16.2. The second-order valence-electron chi connectivity index (χ2n) is 10.9. The smallest absolute Gasteiger partial charge is 0.279 e. The molecule has 2 saturated carbocycles. The Morgan fingerprint density at radius 2 is 1.85 bits per heavy atom. The van der Waals surface area contributed by atoms with E-state index in [1.165, 1.54) is 17.4 Å². The predicted octanol–water partition coefficient (Wildman–Crippen LogP) is 5.90. The van der Waals surface area contributed by atoms with Crippen molar-refractivity contribution in [1.29, 1.82) is 5.26 Å². The molecule has 1 amide bonds. The van der Waals surface area contributed by atoms with E-state index in [0.717, 1.165) is 66.3 Å². The van der Waals surface area contributed by atoms with E-state index >= 15 is 0 Å². The molecule has 1 aliphatic heterocycles. The number of benzene rings is 2. The number of nitriles is 1. The minimum atomic E-state index is -0.823. The van der Waals surface area contributed by atoms with Crippen LogP contribution in [0.5, 0.6) is 10.9 Å². The third-order valence-electron chi connectivity index (χ3n) is 8.18. The maximum Gasteiger partial charge on any atom is 0.279 e. The van der Waals surface area contributed by atoms with Gasteiger partial charge < -0.3 is 15.0 Å². The molecule has 0 bridgehead atoms. The van der Waals surface area contributed by atoms with Gasteiger partial charge in [-0.3, -0.25) is 9.00 Å². The highest BCUT2D eigenvalue weighted by atomic mass is 32.2. The fourth-order valence-corrected chi connectivity index (χ4v) is 7.73. The maximum absolute atomic E-state index is 14.4. The molecule has 0 spiro atoms. The van der Waals surface area contributed by atoms with Crippen LogP contribution < -0.4 is 15.0 Å². The molecule has 3 aromatic rings. The molecule has 2 atom stereocenters. The van der Waals surface area contributed by atoms with Crippen LogP contribution in [0.3, 0.4) is 0 Å². The van der Waals surface area contributed by atoms with E-state index in [-0.39, 0.29) is 28.7 Å². The number of carbonyl (C=O) groups excluding carboxylic acids is 1. The van der Waals surface area contributed by atoms with Crippen LogP contribution in [0.25, 0.3) is 10.4 Å². The van der Waals surface area contributed by atoms with E-state index in [2.05, 4.69) is 16.3 Å². The van der Waals surface area contributed by atoms with Crippen molar-refractivity contribution in [1.82, 2.24) is 10.3 Å². The zero-order valence-corrected chi connectivity index (χ0v) is 24.0. The molecule has 6 rings (SSSR count). The van der Waals surface area contributed by atoms with Crippen LogP contribution in [0, 0.1) is 28.9 Å². The Bertz CT molecular complexity index is 1510. The van der Waals surface area contributed by atoms with Gasteiger partial charge in [-0.25, -0.2) is 13.8 Å². The third-order valence-corrected chi connectivity index (χ3v) is 10.5. The number of hydrogen-bond donors (Lipinski definition) is 1. The van der Waals surface area contributed by atoms with Crippen LogP contribution in [0.1, 0.15) is 50.1 Å². The van der Waals surface area contributed by atoms with Gasteiger partial charge in [0.2, 0.25) is 5.91 Å². The van der Waals surface area contributed by atoms with Gasteiger partial charge in [0.05, 0.1) is 16.6 Å². The van der Waals surface area contributed by atoms with Crippen LogP contribution in [0.15, 0.2) is 42.5 Å². The lowest BCUT2D eigenvalue weighted by atomic mass is 9.76. The number of aromatic nitrogens is 1. The molecular formula is C30H30F2N4O3S2. The molecule has 1 aromatic heterocycles. The second kappa shape index (κ2) is 11.5. The monoisotopic (exact) mass is 596 g/mol. The minimum Gasteiger partial charge on any atom is -0.428 e. The van der Waals surface area contributed by atoms with Gasteiger partial charge in [-0.1, -0.05) is 36.3 Å². The molecular weight excluding hydrogens is 566 g/mol. The van der Waals surface area contributed by atoms with Crippen molar-refractivity contribution in [3.05, 3.63) is 59.8 Å². The lowest BCUT2D eigenvalue weighted by Gasteiger charge is -2.31. The molecule has 214 valence electrons. The van der Waals surface area contributed by atoms with E-state index in [4.69, 9.17) is 9.72 Å². The molecule has 1 unspecified atom stereocenters. The Balaban J connectivity index is 1.34. The Hall–Kier alpha value is -3.36. The van der Waals surface area contributed by atoms with Gasteiger partial charge in [0.25, 0.3) is 5.19 Å². The molecule has 3 fully saturated rings. The molecule has 41 heavy (non-hydrogen) atoms. The molecule has 0 radical (unpaired) electrons. The number of nitrogens with one attached hydrogen (secondary N) is 1. The summed E-state index contributed by atoms with van der Waals surface area (Å²) in [5.41, 5.74) is 1.91. The van der Waals surface area contributed by atoms with E-state index in [9.17, 15) is 23.0 Å². The first kappa shape index (κ1) is 27.8. The minimum absolute atomic E-state index is 0.126. The number of hydrogen-bond acceptors (Lipinski definition) is 7. The fraction of sp³-hybridized carbons (Fsp3) is 0.433. The second-order valence-corrected chi connectivity index (χ2v) is 13.6. The first-order chi connectivity index (χ1) is 19.8. The number of thiazole rings is 1. The summed E-state index contributed by atoms with van der Waals surface area (Å²) in [5.74, 6) is -1.01. The van der Waals surface area contributed by atoms with E-state index in [1.54, 1.807) is 0 Å². The summed E-state index contributed by atoms with van der Waals surface area (Å²) in [4.78, 5) is 21.3. The van der Waals surface area contributed by atoms with Crippen molar-refractivity contribution in [3.63, 3.8) is 0 Å². The molecule has 2 aromatic carbocycles. The number of halogens is 2. The molecule has 2 aliphatic carbocycles. The third kappa shape index (κ3) is 5.99. The van der Waals surface area contributed by atoms with Crippen LogP contribution in [-0.2, 0) is 15.6 Å². The van der Waals surface area contributed by atoms with Crippen molar-refractivity contribution < 1.29 is 22.5 Å². The lowest BCUT2D eigenvalue weighted by Crippen LogP contribution is -2.42. The largest absolute Gasteiger partial charge is 0.428 e. The standard InChI is InChI=1S/C30H30F2N4O3S2/c31-20-7-10-25(24(32)17-20)39-29-34-26(22-3-1-2-4-23(22)28(37)35-30(18-33)11-12-30)27(40-29)19-5-8-21(9-6-19)36-13-15-41(38)16-14-36/h5-10,17,22-23H,1-4,11-16H2,(H,35,37)/t22-,23?/m1/s1. The summed E-state index contributed by atoms with van der Waals surface area (Å²) in [5, 5.41) is 12.7. The quantitative estimate of drug-likeness (QED) is 0.365. The van der Waals surface area contributed by atoms with Crippen molar-refractivity contribution in [2.24, 2.45) is 5.92 Å². The summed E-state index contributed by atoms with van der Waals surface area (Å²) in [6.07, 6.45) is 4.61. The number of rotatable bonds is 7. The van der Waals surface area contributed by atoms with Gasteiger partial charge in [-0.15, -0.1) is 0 Å². The SMILES string of the molecule is N#CC1(NC(=O)C2CCCC[C@H]2c2nc(Oc3ccc(F)cc3F)sc2-c2ccc(N3CCS(=O)CC3)cc2)CC1. The van der Waals surface area contributed by atoms with Crippen molar-refractivity contribution in [2.45, 2.75) is 50.0 Å². The highest BCUT2D eigenvalue weighted by Gasteiger charge is 2.47. The molecule has 3 aliphatic rings. The highest BCUT2D eigenvalue weighted by Crippen LogP contribution is 2.47. The van der Waals surface area contributed by atoms with Crippen LogP contribution >= 0.6 is 11.3 Å². The highest BCUT2D eigenvalue weighted by molar-refractivity contribution is 7.85. The molecule has 1 N–H and O–H groups in total. The average molecular weight is 597 g/mol. The van der Waals surface area contributed by atoms with E-state index in [0.29, 0.717) is 30.8 Å². The van der Waals surface area contributed by atoms with Gasteiger partial charge in [-0.2, -0.15) is 5.26 Å². The summed E-state index contributed by atoms with van der Waals surface area (Å²) in [7, 11) is -0.763. The fourth-order valence-electron chi connectivity index (χ4n) is 5.68. The van der Waals surface area contributed by atoms with Crippen LogP contribution in [0.2, 0.25) is 0 Å². The van der Waals surface area contributed by atoms with Crippen LogP contribution in [0.4, 0.5) is 14.5 Å². The zero-order valence-electron chi connectivity index (χ0n) is 22.4. The van der Waals surface area contributed by atoms with Gasteiger partial charge in [0.1, 0.15) is 11.4 Å². The molecule has 1 saturated heterocycles. The number of carbonyl (C=O) groups is 1. The Morgan fingerprint density at radius 3 is 2.54 bits per heavy atom. The van der Waals surface area contributed by atoms with Crippen LogP contribution in [-0.4, -0.2) is 45.2 Å².